The molecule has 2 aromatic rings. The molecule has 7 nitrogen and oxygen atoms in total. The van der Waals surface area contributed by atoms with E-state index < -0.39 is 12.0 Å². The van der Waals surface area contributed by atoms with E-state index in [2.05, 4.69) is 9.97 Å². The average molecular weight is 325 g/mol. The van der Waals surface area contributed by atoms with Gasteiger partial charge in [-0.15, -0.1) is 0 Å². The summed E-state index contributed by atoms with van der Waals surface area (Å²) >= 11 is 0. The van der Waals surface area contributed by atoms with Gasteiger partial charge in [-0.2, -0.15) is 0 Å². The van der Waals surface area contributed by atoms with Crippen LogP contribution in [0.4, 0.5) is 0 Å². The zero-order chi connectivity index (χ0) is 16.8. The molecule has 1 atom stereocenters. The Hall–Kier alpha value is -2.96. The van der Waals surface area contributed by atoms with E-state index in [0.717, 1.165) is 11.3 Å². The second-order valence-corrected chi connectivity index (χ2v) is 6.07. The summed E-state index contributed by atoms with van der Waals surface area (Å²) in [6, 6.07) is 4.11. The number of aromatic nitrogens is 2. The van der Waals surface area contributed by atoms with Crippen LogP contribution < -0.4 is 0 Å². The van der Waals surface area contributed by atoms with Crippen molar-refractivity contribution in [3.8, 4) is 0 Å². The van der Waals surface area contributed by atoms with Gasteiger partial charge in [0.05, 0.1) is 24.3 Å². The molecule has 2 N–H and O–H groups in total. The van der Waals surface area contributed by atoms with Crippen LogP contribution in [0, 0.1) is 0 Å². The van der Waals surface area contributed by atoms with Gasteiger partial charge in [0.1, 0.15) is 6.04 Å². The molecule has 1 aromatic carbocycles. The Morgan fingerprint density at radius 1 is 1.29 bits per heavy atom. The van der Waals surface area contributed by atoms with Gasteiger partial charge in [0.2, 0.25) is 0 Å². The summed E-state index contributed by atoms with van der Waals surface area (Å²) in [6.07, 6.45) is 2.61. The Bertz CT molecular complexity index is 870. The summed E-state index contributed by atoms with van der Waals surface area (Å²) < 4.78 is 0. The topological polar surface area (TPSA) is 103 Å². The van der Waals surface area contributed by atoms with Gasteiger partial charge in [-0.05, 0) is 18.1 Å². The van der Waals surface area contributed by atoms with Gasteiger partial charge in [-0.1, -0.05) is 12.1 Å². The number of hydrogen-bond acceptors (Lipinski definition) is 4. The summed E-state index contributed by atoms with van der Waals surface area (Å²) in [7, 11) is 0. The fraction of sp³-hybridized carbons (Fsp3) is 0.294. The van der Waals surface area contributed by atoms with Crippen molar-refractivity contribution in [3.63, 3.8) is 0 Å². The van der Waals surface area contributed by atoms with Crippen LogP contribution >= 0.6 is 0 Å². The van der Waals surface area contributed by atoms with Crippen LogP contribution in [0.5, 0.6) is 0 Å². The summed E-state index contributed by atoms with van der Waals surface area (Å²) in [6.45, 7) is 0.169. The fourth-order valence-electron chi connectivity index (χ4n) is 3.52. The first-order valence-corrected chi connectivity index (χ1v) is 7.76. The number of hydrogen-bond donors (Lipinski definition) is 2. The van der Waals surface area contributed by atoms with Crippen LogP contribution in [0.25, 0.3) is 0 Å². The zero-order valence-electron chi connectivity index (χ0n) is 12.8. The number of imidazole rings is 1. The van der Waals surface area contributed by atoms with Gasteiger partial charge < -0.3 is 15.0 Å². The van der Waals surface area contributed by atoms with Crippen molar-refractivity contribution >= 4 is 17.7 Å². The number of fused-ring (bicyclic) bond motifs is 2. The highest BCUT2D eigenvalue weighted by molar-refractivity contribution is 6.06. The van der Waals surface area contributed by atoms with E-state index in [0.29, 0.717) is 29.7 Å². The molecule has 4 rings (SSSR count). The monoisotopic (exact) mass is 325 g/mol. The molecule has 0 fully saturated rings. The molecule has 1 amide bonds. The van der Waals surface area contributed by atoms with E-state index in [4.69, 9.17) is 0 Å². The summed E-state index contributed by atoms with van der Waals surface area (Å²) in [4.78, 5) is 45.0. The third kappa shape index (κ3) is 2.12. The lowest BCUT2D eigenvalue weighted by Crippen LogP contribution is -2.49. The van der Waals surface area contributed by atoms with Crippen LogP contribution in [-0.4, -0.2) is 43.7 Å². The summed E-state index contributed by atoms with van der Waals surface area (Å²) in [5.74, 6) is -1.38. The lowest BCUT2D eigenvalue weighted by Gasteiger charge is -2.32. The number of rotatable bonds is 2. The number of H-pyrrole nitrogens is 1. The Morgan fingerprint density at radius 3 is 2.92 bits per heavy atom. The number of benzene rings is 1. The van der Waals surface area contributed by atoms with Crippen LogP contribution in [0.2, 0.25) is 0 Å². The maximum Gasteiger partial charge on any atom is 0.326 e. The summed E-state index contributed by atoms with van der Waals surface area (Å²) in [5.41, 5.74) is 3.16. The molecule has 2 aliphatic rings. The van der Waals surface area contributed by atoms with Gasteiger partial charge in [0, 0.05) is 24.0 Å². The molecule has 0 spiro atoms. The Labute approximate surface area is 137 Å². The molecule has 7 heteroatoms. The number of carboxylic acid groups (broad SMARTS) is 1. The van der Waals surface area contributed by atoms with E-state index in [1.807, 2.05) is 0 Å². The number of carbonyl (C=O) groups excluding carboxylic acids is 2. The minimum Gasteiger partial charge on any atom is -0.480 e. The number of amides is 1. The molecule has 0 unspecified atom stereocenters. The lowest BCUT2D eigenvalue weighted by molar-refractivity contribution is -0.142. The lowest BCUT2D eigenvalue weighted by atomic mass is 9.98. The predicted molar refractivity (Wildman–Crippen MR) is 82.7 cm³/mol. The maximum atomic E-state index is 13.0. The second-order valence-electron chi connectivity index (χ2n) is 6.07. The maximum absolute atomic E-state index is 13.0. The number of aliphatic carboxylic acids is 1. The molecule has 24 heavy (non-hydrogen) atoms. The molecule has 1 aliphatic heterocycles. The molecule has 0 saturated heterocycles. The van der Waals surface area contributed by atoms with E-state index in [9.17, 15) is 19.5 Å². The highest BCUT2D eigenvalue weighted by Gasteiger charge is 2.37. The largest absolute Gasteiger partial charge is 0.480 e. The third-order valence-electron chi connectivity index (χ3n) is 4.75. The quantitative estimate of drug-likeness (QED) is 0.863. The number of ketones is 1. The number of Topliss-reactive ketones (excluding diaryl/α,β-unsaturated/α-hetero) is 1. The van der Waals surface area contributed by atoms with Gasteiger partial charge in [0.25, 0.3) is 5.91 Å². The molecule has 2 heterocycles. The van der Waals surface area contributed by atoms with Crippen LogP contribution in [-0.2, 0) is 24.2 Å². The minimum absolute atomic E-state index is 0.0314. The molecule has 0 saturated carbocycles. The van der Waals surface area contributed by atoms with Crippen LogP contribution in [0.3, 0.4) is 0 Å². The standard InChI is InChI=1S/C17H15N3O4/c21-15-5-4-9-10(15)2-1-3-11(9)16(22)20-7-13-12(18-8-19-13)6-14(20)17(23)24/h1-3,8,14H,4-7H2,(H,18,19)(H,23,24)/t14-/m0/s1. The van der Waals surface area contributed by atoms with Crippen molar-refractivity contribution in [2.24, 2.45) is 0 Å². The molecular weight excluding hydrogens is 310 g/mol. The van der Waals surface area contributed by atoms with Crippen molar-refractivity contribution in [1.82, 2.24) is 14.9 Å². The molecule has 1 aliphatic carbocycles. The second kappa shape index (κ2) is 5.30. The van der Waals surface area contributed by atoms with Gasteiger partial charge in [-0.25, -0.2) is 9.78 Å². The molecule has 122 valence electrons. The third-order valence-corrected chi connectivity index (χ3v) is 4.75. The number of nitrogens with zero attached hydrogens (tertiary/aromatic N) is 2. The number of aromatic amines is 1. The van der Waals surface area contributed by atoms with Gasteiger partial charge in [0.15, 0.2) is 5.78 Å². The average Bonchev–Trinajstić information content (AvgIpc) is 3.19. The highest BCUT2D eigenvalue weighted by Crippen LogP contribution is 2.29. The number of carboxylic acids is 1. The molecule has 1 aromatic heterocycles. The van der Waals surface area contributed by atoms with Crippen molar-refractivity contribution in [2.45, 2.75) is 31.8 Å². The molecule has 0 radical (unpaired) electrons. The Balaban J connectivity index is 1.74. The molecule has 0 bridgehead atoms. The predicted octanol–water partition coefficient (Wildman–Crippen LogP) is 1.19. The first-order valence-electron chi connectivity index (χ1n) is 7.76. The Kier molecular flexibility index (Phi) is 3.23. The van der Waals surface area contributed by atoms with E-state index in [1.54, 1.807) is 18.2 Å². The van der Waals surface area contributed by atoms with Crippen molar-refractivity contribution in [3.05, 3.63) is 52.6 Å². The number of carbonyl (C=O) groups is 3. The van der Waals surface area contributed by atoms with Crippen molar-refractivity contribution in [2.75, 3.05) is 0 Å². The van der Waals surface area contributed by atoms with Crippen molar-refractivity contribution < 1.29 is 19.5 Å². The van der Waals surface area contributed by atoms with E-state index in [-0.39, 0.29) is 24.7 Å². The van der Waals surface area contributed by atoms with Gasteiger partial charge >= 0.3 is 5.97 Å². The minimum atomic E-state index is -1.05. The first-order chi connectivity index (χ1) is 11.6. The zero-order valence-corrected chi connectivity index (χ0v) is 12.8. The Morgan fingerprint density at radius 2 is 2.12 bits per heavy atom. The number of nitrogens with one attached hydrogen (secondary N) is 1. The first kappa shape index (κ1) is 14.6. The SMILES string of the molecule is O=C1CCc2c1cccc2C(=O)N1Cc2[nH]cnc2C[C@H]1C(=O)O. The normalized spacial score (nSPS) is 19.1. The highest BCUT2D eigenvalue weighted by atomic mass is 16.4. The smallest absolute Gasteiger partial charge is 0.326 e. The molecular formula is C17H15N3O4. The van der Waals surface area contributed by atoms with E-state index in [1.165, 1.54) is 11.2 Å². The van der Waals surface area contributed by atoms with Crippen molar-refractivity contribution in [1.29, 1.82) is 0 Å². The van der Waals surface area contributed by atoms with E-state index >= 15 is 0 Å². The van der Waals surface area contributed by atoms with Crippen LogP contribution in [0.15, 0.2) is 24.5 Å². The fourth-order valence-corrected chi connectivity index (χ4v) is 3.52. The van der Waals surface area contributed by atoms with Gasteiger partial charge in [-0.3, -0.25) is 9.59 Å². The summed E-state index contributed by atoms with van der Waals surface area (Å²) in [5, 5.41) is 9.52. The van der Waals surface area contributed by atoms with Crippen LogP contribution in [0.1, 0.15) is 44.1 Å².